The summed E-state index contributed by atoms with van der Waals surface area (Å²) in [5, 5.41) is 0. The topological polar surface area (TPSA) is 16.1 Å². The van der Waals surface area contributed by atoms with Crippen molar-refractivity contribution in [1.82, 2.24) is 4.98 Å². The van der Waals surface area contributed by atoms with Gasteiger partial charge in [-0.15, -0.1) is 0 Å². The van der Waals surface area contributed by atoms with Crippen LogP contribution in [0.15, 0.2) is 18.2 Å². The molecular formula is C9H9F3N2. The number of alkyl halides is 3. The largest absolute Gasteiger partial charge is 0.433 e. The van der Waals surface area contributed by atoms with Gasteiger partial charge in [-0.1, -0.05) is 6.07 Å². The van der Waals surface area contributed by atoms with Crippen LogP contribution in [0.5, 0.6) is 0 Å². The Bertz CT molecular complexity index is 331. The van der Waals surface area contributed by atoms with E-state index in [1.807, 2.05) is 4.90 Å². The molecule has 0 radical (unpaired) electrons. The van der Waals surface area contributed by atoms with Gasteiger partial charge < -0.3 is 4.90 Å². The Labute approximate surface area is 79.4 Å². The van der Waals surface area contributed by atoms with Gasteiger partial charge in [0.2, 0.25) is 0 Å². The minimum atomic E-state index is -4.35. The minimum Gasteiger partial charge on any atom is -0.356 e. The second-order valence-corrected chi connectivity index (χ2v) is 3.22. The molecule has 2 heterocycles. The van der Waals surface area contributed by atoms with Crippen LogP contribution in [0.1, 0.15) is 12.1 Å². The smallest absolute Gasteiger partial charge is 0.356 e. The van der Waals surface area contributed by atoms with E-state index in [2.05, 4.69) is 4.98 Å². The number of halogens is 3. The fraction of sp³-hybridized carbons (Fsp3) is 0.444. The van der Waals surface area contributed by atoms with Crippen LogP contribution in [-0.2, 0) is 6.18 Å². The molecule has 0 bridgehead atoms. The summed E-state index contributed by atoms with van der Waals surface area (Å²) in [5.74, 6) is 0.422. The lowest BCUT2D eigenvalue weighted by atomic mass is 10.2. The molecule has 0 amide bonds. The lowest BCUT2D eigenvalue weighted by Gasteiger charge is -2.32. The van der Waals surface area contributed by atoms with Crippen molar-refractivity contribution in [3.05, 3.63) is 23.9 Å². The van der Waals surface area contributed by atoms with E-state index in [1.165, 1.54) is 6.07 Å². The zero-order valence-electron chi connectivity index (χ0n) is 7.38. The van der Waals surface area contributed by atoms with Gasteiger partial charge in [-0.2, -0.15) is 13.2 Å². The number of hydrogen-bond acceptors (Lipinski definition) is 2. The molecule has 1 aliphatic rings. The first-order valence-corrected chi connectivity index (χ1v) is 4.36. The van der Waals surface area contributed by atoms with Crippen molar-refractivity contribution < 1.29 is 13.2 Å². The van der Waals surface area contributed by atoms with Crippen molar-refractivity contribution in [2.75, 3.05) is 18.0 Å². The van der Waals surface area contributed by atoms with Crippen molar-refractivity contribution in [3.8, 4) is 0 Å². The summed E-state index contributed by atoms with van der Waals surface area (Å²) in [7, 11) is 0. The third kappa shape index (κ3) is 1.66. The van der Waals surface area contributed by atoms with Gasteiger partial charge in [0.15, 0.2) is 0 Å². The highest BCUT2D eigenvalue weighted by atomic mass is 19.4. The number of anilines is 1. The zero-order chi connectivity index (χ0) is 10.2. The van der Waals surface area contributed by atoms with Gasteiger partial charge in [-0.05, 0) is 18.6 Å². The Morgan fingerprint density at radius 3 is 2.43 bits per heavy atom. The molecule has 1 aromatic heterocycles. The maximum atomic E-state index is 12.3. The van der Waals surface area contributed by atoms with Crippen LogP contribution in [0.3, 0.4) is 0 Å². The van der Waals surface area contributed by atoms with Crippen LogP contribution >= 0.6 is 0 Å². The molecule has 0 N–H and O–H groups in total. The van der Waals surface area contributed by atoms with E-state index in [4.69, 9.17) is 0 Å². The van der Waals surface area contributed by atoms with E-state index >= 15 is 0 Å². The molecule has 0 aromatic carbocycles. The van der Waals surface area contributed by atoms with Crippen molar-refractivity contribution >= 4 is 5.82 Å². The highest BCUT2D eigenvalue weighted by molar-refractivity contribution is 5.41. The molecule has 1 aromatic rings. The highest BCUT2D eigenvalue weighted by Crippen LogP contribution is 2.29. The Morgan fingerprint density at radius 2 is 1.93 bits per heavy atom. The highest BCUT2D eigenvalue weighted by Gasteiger charge is 2.33. The maximum absolute atomic E-state index is 12.3. The second-order valence-electron chi connectivity index (χ2n) is 3.22. The summed E-state index contributed by atoms with van der Waals surface area (Å²) in [6.45, 7) is 1.60. The third-order valence-electron chi connectivity index (χ3n) is 2.20. The lowest BCUT2D eigenvalue weighted by molar-refractivity contribution is -0.141. The predicted molar refractivity (Wildman–Crippen MR) is 46.1 cm³/mol. The summed E-state index contributed by atoms with van der Waals surface area (Å²) >= 11 is 0. The van der Waals surface area contributed by atoms with Gasteiger partial charge in [0, 0.05) is 13.1 Å². The fourth-order valence-electron chi connectivity index (χ4n) is 1.30. The molecule has 5 heteroatoms. The molecule has 1 fully saturated rings. The molecule has 0 saturated carbocycles. The van der Waals surface area contributed by atoms with Crippen LogP contribution < -0.4 is 4.90 Å². The van der Waals surface area contributed by atoms with Crippen LogP contribution in [-0.4, -0.2) is 18.1 Å². The van der Waals surface area contributed by atoms with Crippen LogP contribution in [0, 0.1) is 0 Å². The van der Waals surface area contributed by atoms with Gasteiger partial charge >= 0.3 is 6.18 Å². The Hall–Kier alpha value is -1.26. The first-order chi connectivity index (χ1) is 6.57. The van der Waals surface area contributed by atoms with E-state index in [0.29, 0.717) is 5.82 Å². The molecule has 14 heavy (non-hydrogen) atoms. The van der Waals surface area contributed by atoms with Crippen molar-refractivity contribution in [3.63, 3.8) is 0 Å². The molecule has 76 valence electrons. The molecule has 2 rings (SSSR count). The molecule has 0 spiro atoms. The number of aromatic nitrogens is 1. The van der Waals surface area contributed by atoms with Gasteiger partial charge in [-0.25, -0.2) is 4.98 Å². The molecule has 1 aliphatic heterocycles. The quantitative estimate of drug-likeness (QED) is 0.694. The molecule has 2 nitrogen and oxygen atoms in total. The number of pyridine rings is 1. The second kappa shape index (κ2) is 3.15. The van der Waals surface area contributed by atoms with E-state index in [0.717, 1.165) is 25.6 Å². The average molecular weight is 202 g/mol. The van der Waals surface area contributed by atoms with Gasteiger partial charge in [0.05, 0.1) is 0 Å². The summed E-state index contributed by atoms with van der Waals surface area (Å²) in [5.41, 5.74) is -0.818. The number of hydrogen-bond donors (Lipinski definition) is 0. The van der Waals surface area contributed by atoms with Gasteiger partial charge in [-0.3, -0.25) is 0 Å². The normalized spacial score (nSPS) is 16.6. The standard InChI is InChI=1S/C9H9F3N2/c10-9(11,12)7-3-1-4-8(13-7)14-5-2-6-14/h1,3-4H,2,5-6H2. The lowest BCUT2D eigenvalue weighted by Crippen LogP contribution is -2.37. The van der Waals surface area contributed by atoms with E-state index in [1.54, 1.807) is 6.07 Å². The van der Waals surface area contributed by atoms with E-state index in [-0.39, 0.29) is 0 Å². The van der Waals surface area contributed by atoms with Crippen molar-refractivity contribution in [1.29, 1.82) is 0 Å². The Balaban J connectivity index is 2.26. The molecular weight excluding hydrogens is 193 g/mol. The van der Waals surface area contributed by atoms with E-state index in [9.17, 15) is 13.2 Å². The first-order valence-electron chi connectivity index (χ1n) is 4.36. The SMILES string of the molecule is FC(F)(F)c1cccc(N2CCC2)n1. The number of rotatable bonds is 1. The van der Waals surface area contributed by atoms with Gasteiger partial charge in [0.1, 0.15) is 11.5 Å². The van der Waals surface area contributed by atoms with Crippen molar-refractivity contribution in [2.45, 2.75) is 12.6 Å². The minimum absolute atomic E-state index is 0.422. The first kappa shape index (κ1) is 9.30. The molecule has 1 saturated heterocycles. The average Bonchev–Trinajstić information content (AvgIpc) is 2.00. The monoisotopic (exact) mass is 202 g/mol. The zero-order valence-corrected chi connectivity index (χ0v) is 7.38. The predicted octanol–water partition coefficient (Wildman–Crippen LogP) is 2.31. The summed E-state index contributed by atoms with van der Waals surface area (Å²) in [6, 6.07) is 3.99. The van der Waals surface area contributed by atoms with E-state index < -0.39 is 11.9 Å². The van der Waals surface area contributed by atoms with Crippen LogP contribution in [0.4, 0.5) is 19.0 Å². The Morgan fingerprint density at radius 1 is 1.21 bits per heavy atom. The summed E-state index contributed by atoms with van der Waals surface area (Å²) in [6.07, 6.45) is -3.32. The Kier molecular flexibility index (Phi) is 2.09. The summed E-state index contributed by atoms with van der Waals surface area (Å²) in [4.78, 5) is 5.40. The van der Waals surface area contributed by atoms with Crippen LogP contribution in [0.25, 0.3) is 0 Å². The fourth-order valence-corrected chi connectivity index (χ4v) is 1.30. The molecule has 0 aliphatic carbocycles. The number of nitrogens with zero attached hydrogens (tertiary/aromatic N) is 2. The summed E-state index contributed by atoms with van der Waals surface area (Å²) < 4.78 is 36.8. The maximum Gasteiger partial charge on any atom is 0.433 e. The van der Waals surface area contributed by atoms with Gasteiger partial charge in [0.25, 0.3) is 0 Å². The van der Waals surface area contributed by atoms with Crippen molar-refractivity contribution in [2.24, 2.45) is 0 Å². The molecule has 0 atom stereocenters. The molecule has 0 unspecified atom stereocenters. The third-order valence-corrected chi connectivity index (χ3v) is 2.20. The van der Waals surface area contributed by atoms with Crippen LogP contribution in [0.2, 0.25) is 0 Å².